The van der Waals surface area contributed by atoms with Gasteiger partial charge in [-0.1, -0.05) is 13.8 Å². The molecule has 11 heteroatoms. The molecule has 2 aromatic rings. The molecule has 174 valence electrons. The smallest absolute Gasteiger partial charge is 0.407 e. The summed E-state index contributed by atoms with van der Waals surface area (Å²) < 4.78 is 50.6. The Balaban J connectivity index is 2.27. The van der Waals surface area contributed by atoms with E-state index in [-0.39, 0.29) is 27.9 Å². The Kier molecular flexibility index (Phi) is 8.41. The molecule has 0 aliphatic rings. The van der Waals surface area contributed by atoms with Crippen LogP contribution in [0.25, 0.3) is 0 Å². The number of sulfonamides is 1. The van der Waals surface area contributed by atoms with Gasteiger partial charge in [-0.05, 0) is 54.8 Å². The van der Waals surface area contributed by atoms with Gasteiger partial charge in [0.25, 0.3) is 10.0 Å². The van der Waals surface area contributed by atoms with Gasteiger partial charge in [-0.15, -0.1) is 0 Å². The summed E-state index contributed by atoms with van der Waals surface area (Å²) in [6.45, 7) is 3.80. The minimum Gasteiger partial charge on any atom is -0.495 e. The average molecular weight is 468 g/mol. The number of ether oxygens (including phenoxy) is 2. The largest absolute Gasteiger partial charge is 0.495 e. The van der Waals surface area contributed by atoms with Crippen molar-refractivity contribution in [2.24, 2.45) is 5.92 Å². The first-order valence-electron chi connectivity index (χ1n) is 9.67. The Bertz CT molecular complexity index is 1060. The van der Waals surface area contributed by atoms with Crippen molar-refractivity contribution in [1.29, 1.82) is 0 Å². The number of alkyl carbamates (subject to hydrolysis) is 1. The predicted molar refractivity (Wildman–Crippen MR) is 118 cm³/mol. The summed E-state index contributed by atoms with van der Waals surface area (Å²) in [6.07, 6.45) is -0.380. The molecule has 0 aromatic heterocycles. The summed E-state index contributed by atoms with van der Waals surface area (Å²) in [5.41, 5.74) is 0.337. The maximum atomic E-state index is 13.1. The Labute approximate surface area is 186 Å². The second-order valence-corrected chi connectivity index (χ2v) is 8.96. The molecule has 9 nitrogen and oxygen atoms in total. The van der Waals surface area contributed by atoms with Crippen molar-refractivity contribution in [3.8, 4) is 5.75 Å². The van der Waals surface area contributed by atoms with Gasteiger partial charge in [-0.2, -0.15) is 0 Å². The van der Waals surface area contributed by atoms with Crippen LogP contribution in [0.2, 0.25) is 0 Å². The number of rotatable bonds is 9. The minimum atomic E-state index is -4.04. The molecule has 0 spiro atoms. The highest BCUT2D eigenvalue weighted by Crippen LogP contribution is 2.30. The molecule has 3 N–H and O–H groups in total. The Morgan fingerprint density at radius 1 is 1.06 bits per heavy atom. The fourth-order valence-corrected chi connectivity index (χ4v) is 3.88. The third-order valence-corrected chi connectivity index (χ3v) is 5.72. The first kappa shape index (κ1) is 24.9. The molecule has 1 atom stereocenters. The molecule has 0 bridgehead atoms. The van der Waals surface area contributed by atoms with Gasteiger partial charge in [0.15, 0.2) is 0 Å². The molecule has 0 fully saturated rings. The van der Waals surface area contributed by atoms with E-state index in [1.165, 1.54) is 32.4 Å². The van der Waals surface area contributed by atoms with Crippen molar-refractivity contribution in [1.82, 2.24) is 5.32 Å². The van der Waals surface area contributed by atoms with Crippen molar-refractivity contribution in [3.05, 3.63) is 48.3 Å². The first-order chi connectivity index (χ1) is 15.1. The summed E-state index contributed by atoms with van der Waals surface area (Å²) in [5, 5.41) is 5.13. The minimum absolute atomic E-state index is 0.0657. The summed E-state index contributed by atoms with van der Waals surface area (Å²) >= 11 is 0. The molecule has 1 unspecified atom stereocenters. The van der Waals surface area contributed by atoms with Crippen molar-refractivity contribution in [2.45, 2.75) is 31.2 Å². The number of hydrogen-bond donors (Lipinski definition) is 3. The average Bonchev–Trinajstić information content (AvgIpc) is 2.73. The molecule has 2 aromatic carbocycles. The molecule has 2 rings (SSSR count). The lowest BCUT2D eigenvalue weighted by Crippen LogP contribution is -2.44. The van der Waals surface area contributed by atoms with Gasteiger partial charge in [0, 0.05) is 5.69 Å². The fourth-order valence-electron chi connectivity index (χ4n) is 2.82. The lowest BCUT2D eigenvalue weighted by Gasteiger charge is -2.20. The van der Waals surface area contributed by atoms with Gasteiger partial charge >= 0.3 is 6.09 Å². The van der Waals surface area contributed by atoms with Crippen LogP contribution in [0.15, 0.2) is 47.4 Å². The molecule has 0 saturated heterocycles. The summed E-state index contributed by atoms with van der Waals surface area (Å²) in [4.78, 5) is 24.2. The summed E-state index contributed by atoms with van der Waals surface area (Å²) in [5.74, 6) is -0.749. The van der Waals surface area contributed by atoms with Crippen LogP contribution >= 0.6 is 0 Å². The van der Waals surface area contributed by atoms with Gasteiger partial charge in [0.2, 0.25) is 5.91 Å². The molecule has 0 saturated carbocycles. The molecule has 0 aliphatic heterocycles. The Morgan fingerprint density at radius 3 is 2.28 bits per heavy atom. The van der Waals surface area contributed by atoms with E-state index in [2.05, 4.69) is 20.1 Å². The number of hydrogen-bond acceptors (Lipinski definition) is 6. The highest BCUT2D eigenvalue weighted by Gasteiger charge is 2.23. The lowest BCUT2D eigenvalue weighted by molar-refractivity contribution is -0.118. The van der Waals surface area contributed by atoms with Crippen LogP contribution in [0.5, 0.6) is 5.75 Å². The molecule has 32 heavy (non-hydrogen) atoms. The van der Waals surface area contributed by atoms with Gasteiger partial charge in [-0.25, -0.2) is 17.6 Å². The van der Waals surface area contributed by atoms with Gasteiger partial charge in [-0.3, -0.25) is 9.52 Å². The van der Waals surface area contributed by atoms with E-state index < -0.39 is 33.9 Å². The van der Waals surface area contributed by atoms with Gasteiger partial charge in [0.1, 0.15) is 17.6 Å². The lowest BCUT2D eigenvalue weighted by atomic mass is 10.0. The number of methoxy groups -OCH3 is 2. The predicted octanol–water partition coefficient (Wildman–Crippen LogP) is 3.34. The monoisotopic (exact) mass is 467 g/mol. The molecular formula is C21H26FN3O6S. The van der Waals surface area contributed by atoms with E-state index in [1.807, 2.05) is 13.8 Å². The second-order valence-electron chi connectivity index (χ2n) is 7.28. The SMILES string of the molecule is COC(=O)NC(CC(C)C)C(=O)Nc1ccc(OC)c(NS(=O)(=O)c2ccc(F)cc2)c1. The van der Waals surface area contributed by atoms with E-state index in [4.69, 9.17) is 4.74 Å². The summed E-state index contributed by atoms with van der Waals surface area (Å²) in [6, 6.07) is 7.85. The Morgan fingerprint density at radius 2 is 1.72 bits per heavy atom. The van der Waals surface area contributed by atoms with Crippen LogP contribution in [0.4, 0.5) is 20.6 Å². The zero-order valence-corrected chi connectivity index (χ0v) is 19.0. The van der Waals surface area contributed by atoms with Crippen LogP contribution in [-0.4, -0.2) is 40.7 Å². The van der Waals surface area contributed by atoms with Crippen LogP contribution in [0, 0.1) is 11.7 Å². The number of anilines is 2. The topological polar surface area (TPSA) is 123 Å². The number of halogens is 1. The second kappa shape index (κ2) is 10.8. The zero-order chi connectivity index (χ0) is 23.9. The molecule has 0 aliphatic carbocycles. The summed E-state index contributed by atoms with van der Waals surface area (Å²) in [7, 11) is -1.48. The van der Waals surface area contributed by atoms with Crippen molar-refractivity contribution < 1.29 is 31.9 Å². The molecule has 0 radical (unpaired) electrons. The standard InChI is InChI=1S/C21H26FN3O6S/c1-13(2)11-18(24-21(27)31-4)20(26)23-15-7-10-19(30-3)17(12-15)25-32(28,29)16-8-5-14(22)6-9-16/h5-10,12-13,18,25H,11H2,1-4H3,(H,23,26)(H,24,27). The number of benzene rings is 2. The van der Waals surface area contributed by atoms with E-state index in [9.17, 15) is 22.4 Å². The number of nitrogens with one attached hydrogen (secondary N) is 3. The van der Waals surface area contributed by atoms with E-state index in [0.29, 0.717) is 6.42 Å². The van der Waals surface area contributed by atoms with Crippen LogP contribution in [0.1, 0.15) is 20.3 Å². The van der Waals surface area contributed by atoms with E-state index in [0.717, 1.165) is 24.3 Å². The van der Waals surface area contributed by atoms with E-state index >= 15 is 0 Å². The van der Waals surface area contributed by atoms with Crippen molar-refractivity contribution >= 4 is 33.4 Å². The Hall–Kier alpha value is -3.34. The van der Waals surface area contributed by atoms with Crippen LogP contribution in [-0.2, 0) is 19.6 Å². The molecular weight excluding hydrogens is 441 g/mol. The number of amides is 2. The third kappa shape index (κ3) is 6.84. The number of carbonyl (C=O) groups excluding carboxylic acids is 2. The van der Waals surface area contributed by atoms with Crippen LogP contribution < -0.4 is 20.1 Å². The van der Waals surface area contributed by atoms with Gasteiger partial charge < -0.3 is 20.1 Å². The van der Waals surface area contributed by atoms with Crippen molar-refractivity contribution in [3.63, 3.8) is 0 Å². The maximum Gasteiger partial charge on any atom is 0.407 e. The van der Waals surface area contributed by atoms with Gasteiger partial charge in [0.05, 0.1) is 24.8 Å². The normalized spacial score (nSPS) is 12.1. The number of carbonyl (C=O) groups is 2. The maximum absolute atomic E-state index is 13.1. The van der Waals surface area contributed by atoms with Crippen LogP contribution in [0.3, 0.4) is 0 Å². The molecule has 2 amide bonds. The molecule has 0 heterocycles. The van der Waals surface area contributed by atoms with E-state index in [1.54, 1.807) is 0 Å². The highest BCUT2D eigenvalue weighted by molar-refractivity contribution is 7.92. The highest BCUT2D eigenvalue weighted by atomic mass is 32.2. The fraction of sp³-hybridized carbons (Fsp3) is 0.333. The quantitative estimate of drug-likeness (QED) is 0.520. The first-order valence-corrected chi connectivity index (χ1v) is 11.2. The van der Waals surface area contributed by atoms with Crippen molar-refractivity contribution in [2.75, 3.05) is 24.3 Å². The third-order valence-electron chi connectivity index (χ3n) is 4.34. The zero-order valence-electron chi connectivity index (χ0n) is 18.1.